The molecule has 42 heteroatoms. The van der Waals surface area contributed by atoms with Crippen LogP contribution < -0.4 is 42.5 Å². The van der Waals surface area contributed by atoms with E-state index in [1.165, 1.54) is 36.0 Å². The van der Waals surface area contributed by atoms with E-state index in [1.54, 1.807) is 20.1 Å². The maximum absolute atomic E-state index is 11.8. The van der Waals surface area contributed by atoms with Crippen molar-refractivity contribution in [3.05, 3.63) is 35.7 Å². The monoisotopic (exact) mass is 1320 g/mol. The van der Waals surface area contributed by atoms with Crippen LogP contribution in [0.3, 0.4) is 0 Å². The van der Waals surface area contributed by atoms with Gasteiger partial charge in [-0.2, -0.15) is 17.0 Å². The molecule has 1 aromatic carbocycles. The van der Waals surface area contributed by atoms with E-state index >= 15 is 0 Å². The van der Waals surface area contributed by atoms with Gasteiger partial charge in [-0.15, -0.1) is 10.2 Å². The molecule has 0 radical (unpaired) electrons. The van der Waals surface area contributed by atoms with E-state index in [-0.39, 0.29) is 75.3 Å². The van der Waals surface area contributed by atoms with Crippen molar-refractivity contribution in [2.24, 2.45) is 5.92 Å². The molecule has 2 rings (SSSR count). The van der Waals surface area contributed by atoms with Gasteiger partial charge in [-0.25, -0.2) is 57.5 Å². The minimum absolute atomic E-state index is 0.00376. The van der Waals surface area contributed by atoms with E-state index in [2.05, 4.69) is 52.5 Å². The predicted octanol–water partition coefficient (Wildman–Crippen LogP) is -1.88. The second-order valence-electron chi connectivity index (χ2n) is 19.0. The van der Waals surface area contributed by atoms with Gasteiger partial charge in [0.2, 0.25) is 0 Å². The van der Waals surface area contributed by atoms with Crippen LogP contribution in [0.2, 0.25) is 0 Å². The van der Waals surface area contributed by atoms with E-state index < -0.39 is 170 Å². The Bertz CT molecular complexity index is 2770. The third kappa shape index (κ3) is 41.0. The van der Waals surface area contributed by atoms with Crippen LogP contribution in [0.4, 0.5) is 19.2 Å². The van der Waals surface area contributed by atoms with Crippen molar-refractivity contribution < 1.29 is 143 Å². The van der Waals surface area contributed by atoms with Gasteiger partial charge in [0.05, 0.1) is 0 Å². The van der Waals surface area contributed by atoms with Crippen LogP contribution in [-0.2, 0) is 70.4 Å². The number of aliphatic carboxylic acids is 12. The Balaban J connectivity index is 0. The summed E-state index contributed by atoms with van der Waals surface area (Å²) in [6.45, 7) is 3.56. The number of phenols is 1. The number of aromatic amines is 1. The van der Waals surface area contributed by atoms with Gasteiger partial charge in [0.1, 0.15) is 54.1 Å². The summed E-state index contributed by atoms with van der Waals surface area (Å²) < 4.78 is 0. The number of hydrogen-bond acceptors (Lipinski definition) is 21. The van der Waals surface area contributed by atoms with Crippen LogP contribution in [0, 0.1) is 5.92 Å². The highest BCUT2D eigenvalue weighted by molar-refractivity contribution is 7.98. The summed E-state index contributed by atoms with van der Waals surface area (Å²) in [4.78, 5) is 177. The Labute approximate surface area is 517 Å². The number of carbonyl (C=O) groups is 16. The second kappa shape index (κ2) is 44.6. The summed E-state index contributed by atoms with van der Waals surface area (Å²) >= 11 is 1.41. The first kappa shape index (κ1) is 82.2. The highest BCUT2D eigenvalue weighted by Crippen LogP contribution is 2.12. The number of aromatic nitrogens is 4. The maximum Gasteiger partial charge on any atom is 0.326 e. The van der Waals surface area contributed by atoms with Crippen LogP contribution in [0.15, 0.2) is 24.3 Å². The third-order valence-corrected chi connectivity index (χ3v) is 11.8. The van der Waals surface area contributed by atoms with Gasteiger partial charge < -0.3 is 109 Å². The molecule has 41 nitrogen and oxygen atoms in total. The molecule has 1 heterocycles. The molecule has 1 aromatic heterocycles. The first-order valence-corrected chi connectivity index (χ1v) is 27.7. The Hall–Kier alpha value is -10.8. The number of aryl methyl sites for hydroxylation is 1. The zero-order valence-electron chi connectivity index (χ0n) is 48.5. The lowest BCUT2D eigenvalue weighted by Crippen LogP contribution is -2.51. The number of nitrogens with one attached hydrogen (secondary N) is 9. The number of aromatic hydroxyl groups is 1. The van der Waals surface area contributed by atoms with E-state index in [9.17, 15) is 86.9 Å². The Morgan fingerprint density at radius 2 is 0.703 bits per heavy atom. The number of carboxylic acids is 12. The van der Waals surface area contributed by atoms with Crippen LogP contribution in [0.5, 0.6) is 5.75 Å². The molecule has 0 spiro atoms. The summed E-state index contributed by atoms with van der Waals surface area (Å²) in [6, 6.07) is -8.91. The number of phenolic OH excluding ortho intramolecular Hbond substituents is 1. The smallest absolute Gasteiger partial charge is 0.326 e. The van der Waals surface area contributed by atoms with Crippen molar-refractivity contribution in [3.63, 3.8) is 0 Å². The number of urea groups is 4. The predicted molar refractivity (Wildman–Crippen MR) is 302 cm³/mol. The van der Waals surface area contributed by atoms with E-state index in [4.69, 9.17) is 56.2 Å². The number of benzene rings is 1. The van der Waals surface area contributed by atoms with Crippen molar-refractivity contribution in [2.75, 3.05) is 12.0 Å². The molecule has 2 aromatic rings. The molecular formula is C49H72N12O29S. The highest BCUT2D eigenvalue weighted by Gasteiger charge is 2.29. The fourth-order valence-electron chi connectivity index (χ4n) is 6.61. The summed E-state index contributed by atoms with van der Waals surface area (Å²) in [5, 5.41) is 145. The molecule has 0 saturated carbocycles. The molecule has 8 atom stereocenters. The number of amides is 8. The average Bonchev–Trinajstić information content (AvgIpc) is 3.65. The van der Waals surface area contributed by atoms with Crippen molar-refractivity contribution >= 4 is 108 Å². The minimum Gasteiger partial charge on any atom is -0.508 e. The molecule has 0 aliphatic carbocycles. The van der Waals surface area contributed by atoms with Crippen molar-refractivity contribution in [2.45, 2.75) is 146 Å². The molecule has 0 bridgehead atoms. The number of thioether (sulfide) groups is 1. The van der Waals surface area contributed by atoms with E-state index in [0.29, 0.717) is 11.3 Å². The summed E-state index contributed by atoms with van der Waals surface area (Å²) in [5.41, 5.74) is 0.533. The van der Waals surface area contributed by atoms with Crippen LogP contribution in [0.25, 0.3) is 0 Å². The Morgan fingerprint density at radius 1 is 0.418 bits per heavy atom. The molecule has 0 aliphatic rings. The lowest BCUT2D eigenvalue weighted by Gasteiger charge is -2.19. The fraction of sp³-hybridized carbons (Fsp3) is 0.531. The van der Waals surface area contributed by atoms with Gasteiger partial charge in [0, 0.05) is 38.5 Å². The van der Waals surface area contributed by atoms with Gasteiger partial charge in [0.15, 0.2) is 5.82 Å². The molecule has 8 amide bonds. The summed E-state index contributed by atoms with van der Waals surface area (Å²) in [6.07, 6.45) is -0.882. The van der Waals surface area contributed by atoms with Crippen molar-refractivity contribution in [3.8, 4) is 5.75 Å². The SMILES string of the molecule is CC(C)C[C@H](NC(=O)N[C@@H](CCC(=O)O)C(=O)O)C(=O)O.CSCC[C@H](NC(=O)N[C@@H](CCC(=O)O)C(=O)O)C(=O)O.O=C(O)CC[C@H](NC(=O)N[C@@H](CCc1nn[nH]n1)C(=O)O)C(=O)O.O=C(O)CC[C@H](NC(=O)N[C@@H](Cc1ccc(O)cc1)C(=O)O)C(=O)O. The first-order chi connectivity index (χ1) is 42.4. The molecule has 22 N–H and O–H groups in total. The van der Waals surface area contributed by atoms with Gasteiger partial charge in [-0.1, -0.05) is 31.2 Å². The zero-order chi connectivity index (χ0) is 70.1. The van der Waals surface area contributed by atoms with Crippen LogP contribution in [0.1, 0.15) is 95.9 Å². The number of hydrogen-bond donors (Lipinski definition) is 22. The number of rotatable bonds is 38. The zero-order valence-corrected chi connectivity index (χ0v) is 49.3. The first-order valence-electron chi connectivity index (χ1n) is 26.4. The lowest BCUT2D eigenvalue weighted by atomic mass is 10.0. The van der Waals surface area contributed by atoms with Crippen LogP contribution >= 0.6 is 11.8 Å². The minimum atomic E-state index is -1.46. The third-order valence-electron chi connectivity index (χ3n) is 11.2. The van der Waals surface area contributed by atoms with Crippen molar-refractivity contribution in [1.82, 2.24) is 63.2 Å². The molecular weight excluding hydrogens is 1250 g/mol. The molecule has 508 valence electrons. The molecule has 0 aliphatic heterocycles. The Kier molecular flexibility index (Phi) is 40.3. The molecule has 0 saturated heterocycles. The number of H-pyrrole nitrogens is 1. The lowest BCUT2D eigenvalue weighted by molar-refractivity contribution is -0.142. The molecule has 91 heavy (non-hydrogen) atoms. The van der Waals surface area contributed by atoms with Gasteiger partial charge in [-0.3, -0.25) is 19.2 Å². The Morgan fingerprint density at radius 3 is 0.967 bits per heavy atom. The van der Waals surface area contributed by atoms with Gasteiger partial charge in [-0.05, 0) is 80.6 Å². The van der Waals surface area contributed by atoms with Crippen LogP contribution in [-0.4, -0.2) is 243 Å². The standard InChI is InChI=1S/C15H18N2O8.C12H20N2O7.C11H16N6O7.C11H18N2O7S/c18-9-3-1-8(2-4-9)7-11(14(23)24)17-15(25)16-10(13(21)22)5-6-12(19)20;1-6(2)5-8(11(19)20)14-12(21)13-7(10(17)18)3-4-9(15)16;18-8(19)4-2-6(10(22)23)13-11(24)12-5(9(20)21)1-3-7-14-16-17-15-7;1-21-5-4-7(10(18)19)13-11(20)12-6(9(16)17)2-3-8(14)15/h1-4,10-11,18H,5-7H2,(H,19,20)(H,21,22)(H,23,24)(H2,16,17,25);6-8H,3-5H2,1-2H3,(H,15,16)(H,17,18)(H,19,20)(H2,13,14,21);5-6H,1-4H2,(H,18,19)(H,20,21)(H,22,23)(H2,12,13,24)(H,14,15,16,17);6-7H,2-5H2,1H3,(H,14,15)(H,16,17)(H,18,19)(H2,12,13,20)/t10-,11-;7-,8-;5-,6-;6-,7-/m0000/s1. The molecule has 0 unspecified atom stereocenters. The number of carboxylic acid groups (broad SMARTS) is 12. The topological polar surface area (TPSA) is 687 Å². The van der Waals surface area contributed by atoms with Crippen molar-refractivity contribution in [1.29, 1.82) is 0 Å². The quantitative estimate of drug-likeness (QED) is 0.0350. The molecule has 0 fully saturated rings. The normalized spacial score (nSPS) is 12.9. The van der Waals surface area contributed by atoms with Gasteiger partial charge >= 0.3 is 95.8 Å². The number of carbonyl (C=O) groups excluding carboxylic acids is 4. The number of nitrogens with zero attached hydrogens (tertiary/aromatic N) is 3. The fourth-order valence-corrected chi connectivity index (χ4v) is 7.08. The highest BCUT2D eigenvalue weighted by atomic mass is 32.2. The summed E-state index contributed by atoms with van der Waals surface area (Å²) in [5.74, 6) is -14.8. The van der Waals surface area contributed by atoms with E-state index in [1.807, 2.05) is 10.6 Å². The van der Waals surface area contributed by atoms with E-state index in [0.717, 1.165) is 0 Å². The second-order valence-corrected chi connectivity index (χ2v) is 20.0. The maximum atomic E-state index is 11.8. The average molecular weight is 1330 g/mol. The van der Waals surface area contributed by atoms with Gasteiger partial charge in [0.25, 0.3) is 0 Å². The largest absolute Gasteiger partial charge is 0.508 e. The summed E-state index contributed by atoms with van der Waals surface area (Å²) in [7, 11) is 0. The number of tetrazole rings is 1.